The van der Waals surface area contributed by atoms with Crippen LogP contribution in [-0.4, -0.2) is 57.0 Å². The Morgan fingerprint density at radius 3 is 2.75 bits per heavy atom. The largest absolute Gasteiger partial charge is 0.377 e. The molecule has 0 bridgehead atoms. The number of carbonyl (C=O) groups excluding carboxylic acids is 2. The molecule has 1 N–H and O–H groups in total. The van der Waals surface area contributed by atoms with Crippen molar-refractivity contribution in [3.63, 3.8) is 0 Å². The molecular formula is C11H20N2O3. The SMILES string of the molecule is CNC(=O)C1(C)CCN(CC(=O)COC)C1. The molecule has 92 valence electrons. The maximum Gasteiger partial charge on any atom is 0.227 e. The number of nitrogens with one attached hydrogen (secondary N) is 1. The molecule has 0 aliphatic carbocycles. The van der Waals surface area contributed by atoms with Crippen LogP contribution in [0.3, 0.4) is 0 Å². The van der Waals surface area contributed by atoms with E-state index in [2.05, 4.69) is 5.32 Å². The number of likely N-dealkylation sites (tertiary alicyclic amines) is 1. The van der Waals surface area contributed by atoms with Gasteiger partial charge in [0.05, 0.1) is 12.0 Å². The zero-order valence-corrected chi connectivity index (χ0v) is 10.2. The molecule has 1 unspecified atom stereocenters. The summed E-state index contributed by atoms with van der Waals surface area (Å²) < 4.78 is 4.78. The minimum Gasteiger partial charge on any atom is -0.377 e. The molecular weight excluding hydrogens is 208 g/mol. The van der Waals surface area contributed by atoms with Crippen molar-refractivity contribution in [2.24, 2.45) is 5.41 Å². The highest BCUT2D eigenvalue weighted by atomic mass is 16.5. The van der Waals surface area contributed by atoms with E-state index in [1.54, 1.807) is 7.05 Å². The van der Waals surface area contributed by atoms with Crippen molar-refractivity contribution in [3.05, 3.63) is 0 Å². The topological polar surface area (TPSA) is 58.6 Å². The lowest BCUT2D eigenvalue weighted by Gasteiger charge is -2.22. The molecule has 1 aliphatic heterocycles. The molecule has 1 fully saturated rings. The van der Waals surface area contributed by atoms with Gasteiger partial charge in [0.15, 0.2) is 5.78 Å². The lowest BCUT2D eigenvalue weighted by Crippen LogP contribution is -2.40. The summed E-state index contributed by atoms with van der Waals surface area (Å²) in [5, 5.41) is 2.67. The molecule has 5 heteroatoms. The van der Waals surface area contributed by atoms with Gasteiger partial charge in [0.25, 0.3) is 0 Å². The molecule has 1 saturated heterocycles. The van der Waals surface area contributed by atoms with E-state index in [1.807, 2.05) is 11.8 Å². The molecule has 1 rings (SSSR count). The molecule has 1 amide bonds. The highest BCUT2D eigenvalue weighted by molar-refractivity contribution is 5.84. The van der Waals surface area contributed by atoms with Crippen LogP contribution in [0.2, 0.25) is 0 Å². The van der Waals surface area contributed by atoms with E-state index in [0.717, 1.165) is 13.0 Å². The van der Waals surface area contributed by atoms with Crippen molar-refractivity contribution in [1.82, 2.24) is 10.2 Å². The number of carbonyl (C=O) groups is 2. The molecule has 16 heavy (non-hydrogen) atoms. The second-order valence-electron chi connectivity index (χ2n) is 4.57. The van der Waals surface area contributed by atoms with Crippen LogP contribution in [-0.2, 0) is 14.3 Å². The van der Waals surface area contributed by atoms with Crippen LogP contribution in [0.15, 0.2) is 0 Å². The predicted octanol–water partition coefficient (Wildman–Crippen LogP) is -0.340. The first kappa shape index (κ1) is 13.1. The van der Waals surface area contributed by atoms with Crippen molar-refractivity contribution < 1.29 is 14.3 Å². The molecule has 1 aliphatic rings. The Kier molecular flexibility index (Phi) is 4.44. The fourth-order valence-corrected chi connectivity index (χ4v) is 2.13. The predicted molar refractivity (Wildman–Crippen MR) is 60.1 cm³/mol. The van der Waals surface area contributed by atoms with Gasteiger partial charge in [-0.15, -0.1) is 0 Å². The van der Waals surface area contributed by atoms with E-state index < -0.39 is 0 Å². The van der Waals surface area contributed by atoms with Crippen LogP contribution in [0.1, 0.15) is 13.3 Å². The van der Waals surface area contributed by atoms with Gasteiger partial charge in [-0.25, -0.2) is 0 Å². The van der Waals surface area contributed by atoms with E-state index in [4.69, 9.17) is 4.74 Å². The van der Waals surface area contributed by atoms with E-state index in [9.17, 15) is 9.59 Å². The van der Waals surface area contributed by atoms with Crippen LogP contribution in [0.25, 0.3) is 0 Å². The van der Waals surface area contributed by atoms with Gasteiger partial charge in [0.2, 0.25) is 5.91 Å². The number of methoxy groups -OCH3 is 1. The fraction of sp³-hybridized carbons (Fsp3) is 0.818. The van der Waals surface area contributed by atoms with Gasteiger partial charge in [0, 0.05) is 20.7 Å². The van der Waals surface area contributed by atoms with Crippen LogP contribution in [0.4, 0.5) is 0 Å². The van der Waals surface area contributed by atoms with Crippen molar-refractivity contribution >= 4 is 11.7 Å². The molecule has 0 radical (unpaired) electrons. The molecule has 0 spiro atoms. The highest BCUT2D eigenvalue weighted by Gasteiger charge is 2.39. The Morgan fingerprint density at radius 2 is 2.19 bits per heavy atom. The van der Waals surface area contributed by atoms with E-state index in [0.29, 0.717) is 13.1 Å². The standard InChI is InChI=1S/C11H20N2O3/c1-11(10(15)12-2)4-5-13(8-11)6-9(14)7-16-3/h4-8H2,1-3H3,(H,12,15). The number of hydrogen-bond donors (Lipinski definition) is 1. The summed E-state index contributed by atoms with van der Waals surface area (Å²) in [4.78, 5) is 25.0. The van der Waals surface area contributed by atoms with Crippen molar-refractivity contribution in [2.75, 3.05) is 40.4 Å². The maximum absolute atomic E-state index is 11.6. The van der Waals surface area contributed by atoms with E-state index in [-0.39, 0.29) is 23.7 Å². The third kappa shape index (κ3) is 3.02. The number of nitrogens with zero attached hydrogens (tertiary/aromatic N) is 1. The number of hydrogen-bond acceptors (Lipinski definition) is 4. The molecule has 1 atom stereocenters. The third-order valence-corrected chi connectivity index (χ3v) is 3.03. The van der Waals surface area contributed by atoms with Crippen LogP contribution in [0, 0.1) is 5.41 Å². The lowest BCUT2D eigenvalue weighted by molar-refractivity contribution is -0.129. The summed E-state index contributed by atoms with van der Waals surface area (Å²) in [6.07, 6.45) is 0.799. The highest BCUT2D eigenvalue weighted by Crippen LogP contribution is 2.29. The number of rotatable bonds is 5. The van der Waals surface area contributed by atoms with Crippen molar-refractivity contribution in [3.8, 4) is 0 Å². The summed E-state index contributed by atoms with van der Waals surface area (Å²) in [5.74, 6) is 0.109. The smallest absolute Gasteiger partial charge is 0.227 e. The van der Waals surface area contributed by atoms with Gasteiger partial charge in [-0.05, 0) is 19.9 Å². The number of amides is 1. The minimum absolute atomic E-state index is 0.0502. The normalized spacial score (nSPS) is 25.7. The van der Waals surface area contributed by atoms with Gasteiger partial charge in [-0.2, -0.15) is 0 Å². The van der Waals surface area contributed by atoms with E-state index >= 15 is 0 Å². The molecule has 5 nitrogen and oxygen atoms in total. The second-order valence-corrected chi connectivity index (χ2v) is 4.57. The average Bonchev–Trinajstić information content (AvgIpc) is 2.60. The van der Waals surface area contributed by atoms with Crippen molar-refractivity contribution in [2.45, 2.75) is 13.3 Å². The second kappa shape index (κ2) is 5.41. The van der Waals surface area contributed by atoms with Crippen LogP contribution in [0.5, 0.6) is 0 Å². The number of ether oxygens (including phenoxy) is 1. The van der Waals surface area contributed by atoms with Gasteiger partial charge in [-0.3, -0.25) is 14.5 Å². The Hall–Kier alpha value is -0.940. The minimum atomic E-state index is -0.359. The first-order valence-corrected chi connectivity index (χ1v) is 5.47. The molecule has 0 saturated carbocycles. The quantitative estimate of drug-likeness (QED) is 0.699. The van der Waals surface area contributed by atoms with E-state index in [1.165, 1.54) is 7.11 Å². The zero-order valence-electron chi connectivity index (χ0n) is 10.2. The van der Waals surface area contributed by atoms with Gasteiger partial charge < -0.3 is 10.1 Å². The fourth-order valence-electron chi connectivity index (χ4n) is 2.13. The summed E-state index contributed by atoms with van der Waals surface area (Å²) in [5.41, 5.74) is -0.359. The van der Waals surface area contributed by atoms with Crippen molar-refractivity contribution in [1.29, 1.82) is 0 Å². The Bertz CT molecular complexity index is 280. The third-order valence-electron chi connectivity index (χ3n) is 3.03. The lowest BCUT2D eigenvalue weighted by atomic mass is 9.89. The van der Waals surface area contributed by atoms with Crippen LogP contribution < -0.4 is 5.32 Å². The van der Waals surface area contributed by atoms with Gasteiger partial charge in [0.1, 0.15) is 6.61 Å². The maximum atomic E-state index is 11.6. The molecule has 0 aromatic carbocycles. The van der Waals surface area contributed by atoms with Gasteiger partial charge >= 0.3 is 0 Å². The van der Waals surface area contributed by atoms with Gasteiger partial charge in [-0.1, -0.05) is 0 Å². The summed E-state index contributed by atoms with van der Waals surface area (Å²) in [7, 11) is 3.16. The first-order valence-electron chi connectivity index (χ1n) is 5.47. The summed E-state index contributed by atoms with van der Waals surface area (Å²) in [6, 6.07) is 0. The first-order chi connectivity index (χ1) is 7.51. The zero-order chi connectivity index (χ0) is 12.2. The number of ketones is 1. The molecule has 0 aromatic heterocycles. The Morgan fingerprint density at radius 1 is 1.50 bits per heavy atom. The molecule has 0 aromatic rings. The summed E-state index contributed by atoms with van der Waals surface area (Å²) >= 11 is 0. The Balaban J connectivity index is 2.46. The summed E-state index contributed by atoms with van der Waals surface area (Å²) in [6.45, 7) is 3.89. The monoisotopic (exact) mass is 228 g/mol. The Labute approximate surface area is 96.1 Å². The molecule has 1 heterocycles. The number of Topliss-reactive ketones (excluding diaryl/α,β-unsaturated/α-hetero) is 1. The van der Waals surface area contributed by atoms with Crippen LogP contribution >= 0.6 is 0 Å². The average molecular weight is 228 g/mol.